The average Bonchev–Trinajstić information content (AvgIpc) is 1.67. The van der Waals surface area contributed by atoms with Crippen LogP contribution < -0.4 is 18.9 Å². The quantitative estimate of drug-likeness (QED) is 0.0656. The molecule has 4 amide bonds. The van der Waals surface area contributed by atoms with Crippen LogP contribution >= 0.6 is 0 Å². The second-order valence-corrected chi connectivity index (χ2v) is 26.0. The van der Waals surface area contributed by atoms with Gasteiger partial charge in [-0.1, -0.05) is 163 Å². The molecular weight excluding hydrogens is 1340 g/mol. The van der Waals surface area contributed by atoms with E-state index in [2.05, 4.69) is 63.4 Å². The summed E-state index contributed by atoms with van der Waals surface area (Å²) in [5.74, 6) is 2.49. The number of nitrogens with zero attached hydrogens (tertiary/aromatic N) is 13. The van der Waals surface area contributed by atoms with Gasteiger partial charge in [0.15, 0.2) is 5.69 Å². The summed E-state index contributed by atoms with van der Waals surface area (Å²) in [4.78, 5) is 62.2. The van der Waals surface area contributed by atoms with Gasteiger partial charge in [0.2, 0.25) is 0 Å². The van der Waals surface area contributed by atoms with Gasteiger partial charge in [-0.3, -0.25) is 37.9 Å². The molecule has 21 nitrogen and oxygen atoms in total. The summed E-state index contributed by atoms with van der Waals surface area (Å²) in [7, 11) is 0. The molecule has 22 heteroatoms. The van der Waals surface area contributed by atoms with Crippen LogP contribution in [0.25, 0.3) is 4.85 Å². The van der Waals surface area contributed by atoms with E-state index in [4.69, 9.17) is 25.5 Å². The Labute approximate surface area is 614 Å². The van der Waals surface area contributed by atoms with Gasteiger partial charge >= 0.3 is 0 Å². The molecule has 12 aromatic rings. The Morgan fingerprint density at radius 1 is 0.377 bits per heavy atom. The van der Waals surface area contributed by atoms with E-state index in [-0.39, 0.29) is 48.7 Å². The Kier molecular flexibility index (Phi) is 22.9. The van der Waals surface area contributed by atoms with Crippen LogP contribution in [0.2, 0.25) is 0 Å². The Balaban J connectivity index is 0.000000125. The van der Waals surface area contributed by atoms with Crippen molar-refractivity contribution in [3.05, 3.63) is 339 Å². The molecule has 536 valence electrons. The SMILES string of the molecule is Cc1ccc([C@@H](C)N2CCn3nc(COc4ccccc4)cc3C2=O)cc1.Cc1cccc(OCc2cc3n(n2)CCN(Cc2ccccc2)C3=O)c1.O=C1c2cc(COc3ccc(F)cc3)nn2CCN1Cc1ccccc1.[C-]#[N+]c1cccc(OCc2cc3n(n2)CCN(Cc2ccccc2)C3=O)c1. The maximum atomic E-state index is 13.0. The number of para-hydroxylation sites is 1. The predicted molar refractivity (Wildman–Crippen MR) is 397 cm³/mol. The summed E-state index contributed by atoms with van der Waals surface area (Å²) < 4.78 is 42.9. The molecule has 0 bridgehead atoms. The van der Waals surface area contributed by atoms with Crippen LogP contribution in [0.5, 0.6) is 23.0 Å². The minimum atomic E-state index is -0.307. The first-order chi connectivity index (χ1) is 51.7. The van der Waals surface area contributed by atoms with E-state index in [9.17, 15) is 23.6 Å². The van der Waals surface area contributed by atoms with Crippen molar-refractivity contribution in [3.63, 3.8) is 0 Å². The van der Waals surface area contributed by atoms with Gasteiger partial charge in [-0.2, -0.15) is 20.4 Å². The molecule has 0 radical (unpaired) electrons. The molecule has 0 aliphatic carbocycles. The highest BCUT2D eigenvalue weighted by molar-refractivity contribution is 5.95. The largest absolute Gasteiger partial charge is 0.489 e. The monoisotopic (exact) mass is 1420 g/mol. The molecule has 4 aliphatic heterocycles. The number of halogens is 1. The number of benzene rings is 8. The van der Waals surface area contributed by atoms with Crippen molar-refractivity contribution in [2.45, 2.75) is 99.1 Å². The number of ether oxygens (including phenoxy) is 4. The molecule has 0 N–H and O–H groups in total. The zero-order valence-electron chi connectivity index (χ0n) is 59.2. The first-order valence-electron chi connectivity index (χ1n) is 35.2. The summed E-state index contributed by atoms with van der Waals surface area (Å²) in [6.07, 6.45) is 0. The van der Waals surface area contributed by atoms with E-state index in [1.54, 1.807) is 67.3 Å². The number of fused-ring (bicyclic) bond motifs is 4. The van der Waals surface area contributed by atoms with Crippen LogP contribution in [0.4, 0.5) is 10.1 Å². The normalized spacial score (nSPS) is 13.8. The average molecular weight is 1420 g/mol. The lowest BCUT2D eigenvalue weighted by Crippen LogP contribution is -2.41. The highest BCUT2D eigenvalue weighted by Crippen LogP contribution is 2.28. The van der Waals surface area contributed by atoms with Crippen LogP contribution in [-0.4, -0.2) is 109 Å². The number of carbonyl (C=O) groups excluding carboxylic acids is 4. The van der Waals surface area contributed by atoms with E-state index in [0.717, 1.165) is 50.7 Å². The van der Waals surface area contributed by atoms with Gasteiger partial charge in [0, 0.05) is 45.8 Å². The predicted octanol–water partition coefficient (Wildman–Crippen LogP) is 14.3. The number of aryl methyl sites for hydroxylation is 2. The first-order valence-corrected chi connectivity index (χ1v) is 35.2. The van der Waals surface area contributed by atoms with Gasteiger partial charge in [0.25, 0.3) is 23.6 Å². The Bertz CT molecular complexity index is 5020. The second kappa shape index (κ2) is 33.9. The molecule has 8 heterocycles. The smallest absolute Gasteiger partial charge is 0.272 e. The van der Waals surface area contributed by atoms with Crippen molar-refractivity contribution in [3.8, 4) is 23.0 Å². The maximum absolute atomic E-state index is 13.0. The number of rotatable bonds is 20. The number of aromatic nitrogens is 8. The molecule has 8 aromatic carbocycles. The van der Waals surface area contributed by atoms with Crippen LogP contribution in [0, 0.1) is 26.2 Å². The highest BCUT2D eigenvalue weighted by Gasteiger charge is 2.32. The van der Waals surface area contributed by atoms with Crippen molar-refractivity contribution in [2.24, 2.45) is 0 Å². The summed E-state index contributed by atoms with van der Waals surface area (Å²) in [6.45, 7) is 21.6. The second-order valence-electron chi connectivity index (χ2n) is 26.0. The molecule has 4 aromatic heterocycles. The summed E-state index contributed by atoms with van der Waals surface area (Å²) in [5, 5.41) is 18.0. The van der Waals surface area contributed by atoms with E-state index in [1.807, 2.05) is 184 Å². The third kappa shape index (κ3) is 18.3. The summed E-state index contributed by atoms with van der Waals surface area (Å²) in [6, 6.07) is 76.0. The minimum Gasteiger partial charge on any atom is -0.489 e. The molecule has 0 fully saturated rings. The van der Waals surface area contributed by atoms with E-state index in [1.165, 1.54) is 17.7 Å². The number of carbonyl (C=O) groups is 4. The fraction of sp³-hybridized carbons (Fsp3) is 0.226. The van der Waals surface area contributed by atoms with Crippen LogP contribution in [0.1, 0.15) is 111 Å². The number of hydrogen-bond acceptors (Lipinski definition) is 12. The molecule has 0 saturated carbocycles. The lowest BCUT2D eigenvalue weighted by Gasteiger charge is -2.33. The van der Waals surface area contributed by atoms with E-state index in [0.29, 0.717) is 137 Å². The standard InChI is InChI=1S/C22H23N3O2.C21H18N4O2.C21H21N3O2.C20H18FN3O2/c1-16-8-10-18(11-9-16)17(2)24-12-13-25-21(22(24)26)14-19(23-25)15-27-20-6-4-3-5-7-20;1-22-17-8-5-9-19(12-17)27-15-18-13-20-21(26)24(10-11-25(20)23-18)14-16-6-3-2-4-7-16;1-16-6-5-9-19(12-16)26-15-18-13-20-21(25)23(10-11-24(20)22-18)14-17-7-3-2-4-8-17;21-16-6-8-18(9-7-16)26-14-17-12-19-20(25)23(10-11-24(19)22-17)13-15-4-2-1-3-5-15/h3-11,14,17H,12-13,15H2,1-2H3;2-9,12-13H,10-11,14-15H2;2-9,12-13H,10-11,14-15H2,1H3;1-9,12H,10-11,13-14H2/t17-;;;/m1.../s1. The molecule has 1 atom stereocenters. The zero-order valence-corrected chi connectivity index (χ0v) is 59.2. The zero-order chi connectivity index (χ0) is 73.3. The van der Waals surface area contributed by atoms with Crippen molar-refractivity contribution in [2.75, 3.05) is 26.2 Å². The first kappa shape index (κ1) is 71.5. The highest BCUT2D eigenvalue weighted by atomic mass is 19.1. The van der Waals surface area contributed by atoms with Gasteiger partial charge < -0.3 is 38.5 Å². The fourth-order valence-corrected chi connectivity index (χ4v) is 12.7. The minimum absolute atomic E-state index is 0.0149. The van der Waals surface area contributed by atoms with Crippen LogP contribution in [-0.2, 0) is 72.2 Å². The molecule has 16 rings (SSSR count). The summed E-state index contributed by atoms with van der Waals surface area (Å²) >= 11 is 0. The van der Waals surface area contributed by atoms with Gasteiger partial charge in [-0.25, -0.2) is 9.24 Å². The molecule has 106 heavy (non-hydrogen) atoms. The van der Waals surface area contributed by atoms with E-state index < -0.39 is 0 Å². The van der Waals surface area contributed by atoms with Gasteiger partial charge in [0.1, 0.15) is 101 Å². The fourth-order valence-electron chi connectivity index (χ4n) is 12.7. The third-order valence-electron chi connectivity index (χ3n) is 18.3. The van der Waals surface area contributed by atoms with Gasteiger partial charge in [-0.05, 0) is 134 Å². The lowest BCUT2D eigenvalue weighted by atomic mass is 10.0. The Morgan fingerprint density at radius 3 is 1.15 bits per heavy atom. The molecule has 0 unspecified atom stereocenters. The third-order valence-corrected chi connectivity index (χ3v) is 18.3. The van der Waals surface area contributed by atoms with Gasteiger partial charge in [0.05, 0.1) is 38.8 Å². The van der Waals surface area contributed by atoms with Crippen molar-refractivity contribution in [1.82, 2.24) is 58.7 Å². The van der Waals surface area contributed by atoms with Gasteiger partial charge in [-0.15, -0.1) is 0 Å². The topological polar surface area (TPSA) is 194 Å². The molecule has 0 spiro atoms. The number of hydrogen-bond donors (Lipinski definition) is 0. The molecular formula is C84H80FN13O8. The van der Waals surface area contributed by atoms with Crippen molar-refractivity contribution >= 4 is 29.3 Å². The summed E-state index contributed by atoms with van der Waals surface area (Å²) in [5.41, 5.74) is 12.8. The Morgan fingerprint density at radius 2 is 0.736 bits per heavy atom. The van der Waals surface area contributed by atoms with E-state index >= 15 is 0 Å². The Hall–Kier alpha value is -12.9. The van der Waals surface area contributed by atoms with Crippen molar-refractivity contribution in [1.29, 1.82) is 0 Å². The number of amides is 4. The maximum Gasteiger partial charge on any atom is 0.272 e. The lowest BCUT2D eigenvalue weighted by molar-refractivity contribution is 0.0622. The molecule has 0 saturated heterocycles. The van der Waals surface area contributed by atoms with Crippen LogP contribution in [0.3, 0.4) is 0 Å². The van der Waals surface area contributed by atoms with Crippen LogP contribution in [0.15, 0.2) is 243 Å². The van der Waals surface area contributed by atoms with Crippen molar-refractivity contribution < 1.29 is 42.5 Å². The molecule has 4 aliphatic rings.